The van der Waals surface area contributed by atoms with E-state index in [0.717, 1.165) is 12.1 Å². The monoisotopic (exact) mass is 432 g/mol. The molecule has 3 aromatic rings. The van der Waals surface area contributed by atoms with Gasteiger partial charge in [0, 0.05) is 18.5 Å². The van der Waals surface area contributed by atoms with Crippen molar-refractivity contribution in [2.24, 2.45) is 0 Å². The van der Waals surface area contributed by atoms with Crippen molar-refractivity contribution in [3.05, 3.63) is 59.6 Å². The van der Waals surface area contributed by atoms with Gasteiger partial charge in [-0.1, -0.05) is 0 Å². The van der Waals surface area contributed by atoms with Gasteiger partial charge in [-0.25, -0.2) is 4.98 Å². The summed E-state index contributed by atoms with van der Waals surface area (Å²) < 4.78 is 72.9. The maximum atomic E-state index is 13.1. The number of nitrogens with one attached hydrogen (secondary N) is 1. The van der Waals surface area contributed by atoms with Crippen molar-refractivity contribution >= 4 is 27.3 Å². The van der Waals surface area contributed by atoms with Crippen molar-refractivity contribution < 1.29 is 26.3 Å². The van der Waals surface area contributed by atoms with Gasteiger partial charge in [0.05, 0.1) is 18.4 Å². The minimum Gasteiger partial charge on any atom is -0.497 e. The van der Waals surface area contributed by atoms with E-state index in [-0.39, 0.29) is 27.6 Å². The molecular weight excluding hydrogens is 421 g/mol. The number of ether oxygens (including phenoxy) is 1. The molecule has 1 N–H and O–H groups in total. The molecule has 12 heteroatoms. The third kappa shape index (κ3) is 4.20. The van der Waals surface area contributed by atoms with Crippen LogP contribution in [-0.2, 0) is 16.2 Å². The highest BCUT2D eigenvalue weighted by Crippen LogP contribution is 2.34. The summed E-state index contributed by atoms with van der Waals surface area (Å²) in [4.78, 5) is 7.64. The first kappa shape index (κ1) is 20.0. The van der Waals surface area contributed by atoms with Crippen molar-refractivity contribution in [2.45, 2.75) is 11.2 Å². The van der Waals surface area contributed by atoms with Gasteiger partial charge in [-0.15, -0.1) is 0 Å². The van der Waals surface area contributed by atoms with Gasteiger partial charge in [0.15, 0.2) is 5.03 Å². The summed E-state index contributed by atoms with van der Waals surface area (Å²) in [6, 6.07) is 6.72. The summed E-state index contributed by atoms with van der Waals surface area (Å²) in [5.74, 6) is 0.0255. The number of methoxy groups -OCH3 is 1. The topological polar surface area (TPSA) is 86.1 Å². The van der Waals surface area contributed by atoms with Crippen molar-refractivity contribution in [3.8, 4) is 11.6 Å². The van der Waals surface area contributed by atoms with Gasteiger partial charge in [0.25, 0.3) is 10.0 Å². The lowest BCUT2D eigenvalue weighted by molar-refractivity contribution is -0.137. The first-order valence-corrected chi connectivity index (χ1v) is 9.41. The minimum absolute atomic E-state index is 0.0925. The molecule has 0 bridgehead atoms. The number of nitrogens with zero attached hydrogens (tertiary/aromatic N) is 3. The van der Waals surface area contributed by atoms with Crippen LogP contribution in [0.4, 0.5) is 18.9 Å². The van der Waals surface area contributed by atoms with Crippen molar-refractivity contribution in [2.75, 3.05) is 11.8 Å². The molecule has 28 heavy (non-hydrogen) atoms. The zero-order valence-electron chi connectivity index (χ0n) is 14.1. The third-order valence-corrected chi connectivity index (χ3v) is 5.14. The summed E-state index contributed by atoms with van der Waals surface area (Å²) in [5, 5.41) is -0.344. The number of halogens is 4. The van der Waals surface area contributed by atoms with E-state index < -0.39 is 21.8 Å². The highest BCUT2D eigenvalue weighted by Gasteiger charge is 2.32. The van der Waals surface area contributed by atoms with Crippen molar-refractivity contribution in [1.82, 2.24) is 14.5 Å². The molecule has 0 saturated carbocycles. The molecule has 2 aromatic heterocycles. The predicted molar refractivity (Wildman–Crippen MR) is 95.2 cm³/mol. The van der Waals surface area contributed by atoms with Crippen molar-refractivity contribution in [1.29, 1.82) is 0 Å². The second kappa shape index (κ2) is 7.32. The van der Waals surface area contributed by atoms with E-state index in [9.17, 15) is 21.6 Å². The molecule has 148 valence electrons. The lowest BCUT2D eigenvalue weighted by atomic mass is 10.2. The second-order valence-electron chi connectivity index (χ2n) is 5.45. The van der Waals surface area contributed by atoms with Gasteiger partial charge < -0.3 is 4.74 Å². The number of hydrogen-bond acceptors (Lipinski definition) is 5. The summed E-state index contributed by atoms with van der Waals surface area (Å²) in [7, 11) is -3.08. The molecule has 0 radical (unpaired) electrons. The van der Waals surface area contributed by atoms with Crippen LogP contribution >= 0.6 is 11.6 Å². The number of sulfonamides is 1. The number of hydrogen-bond donors (Lipinski definition) is 1. The Hall–Kier alpha value is -2.79. The molecule has 2 heterocycles. The summed E-state index contributed by atoms with van der Waals surface area (Å²) in [6.45, 7) is 0. The van der Waals surface area contributed by atoms with Crippen LogP contribution < -0.4 is 9.46 Å². The third-order valence-electron chi connectivity index (χ3n) is 3.57. The fourth-order valence-electron chi connectivity index (χ4n) is 2.38. The van der Waals surface area contributed by atoms with Crippen LogP contribution in [0.1, 0.15) is 5.56 Å². The lowest BCUT2D eigenvalue weighted by Crippen LogP contribution is -2.18. The van der Waals surface area contributed by atoms with E-state index >= 15 is 0 Å². The van der Waals surface area contributed by atoms with E-state index in [1.54, 1.807) is 0 Å². The van der Waals surface area contributed by atoms with Crippen LogP contribution in [0.3, 0.4) is 0 Å². The van der Waals surface area contributed by atoms with E-state index in [2.05, 4.69) is 14.7 Å². The van der Waals surface area contributed by atoms with Gasteiger partial charge >= 0.3 is 6.18 Å². The Kier molecular flexibility index (Phi) is 5.22. The molecule has 0 aliphatic carbocycles. The van der Waals surface area contributed by atoms with Crippen molar-refractivity contribution in [3.63, 3.8) is 0 Å². The molecule has 0 unspecified atom stereocenters. The van der Waals surface area contributed by atoms with Crippen LogP contribution in [0.2, 0.25) is 5.28 Å². The normalized spacial score (nSPS) is 12.0. The number of aromatic nitrogens is 3. The van der Waals surface area contributed by atoms with Gasteiger partial charge in [-0.2, -0.15) is 26.6 Å². The Bertz CT molecular complexity index is 1120. The standard InChI is InChI=1S/C16H12ClF3N4O3S/c1-27-12-8-10(16(18,19)20)7-11(9-12)23-28(25,26)14-3-2-6-24(14)13-4-5-21-15(17)22-13/h2-9,23H,1H3. The Morgan fingerprint density at radius 1 is 1.21 bits per heavy atom. The molecule has 0 saturated heterocycles. The molecule has 1 aromatic carbocycles. The zero-order valence-corrected chi connectivity index (χ0v) is 15.7. The quantitative estimate of drug-likeness (QED) is 0.620. The molecule has 0 amide bonds. The molecule has 7 nitrogen and oxygen atoms in total. The van der Waals surface area contributed by atoms with Crippen LogP contribution in [0.25, 0.3) is 5.82 Å². The average Bonchev–Trinajstić information content (AvgIpc) is 3.11. The van der Waals surface area contributed by atoms with Gasteiger partial charge in [-0.3, -0.25) is 9.29 Å². The number of anilines is 1. The molecular formula is C16H12ClF3N4O3S. The average molecular weight is 433 g/mol. The molecule has 3 rings (SSSR count). The van der Waals surface area contributed by atoms with Gasteiger partial charge in [-0.05, 0) is 41.9 Å². The highest BCUT2D eigenvalue weighted by atomic mass is 35.5. The molecule has 0 atom stereocenters. The SMILES string of the molecule is COc1cc(NS(=O)(=O)c2cccn2-c2ccnc(Cl)n2)cc(C(F)(F)F)c1. The lowest BCUT2D eigenvalue weighted by Gasteiger charge is -2.14. The second-order valence-corrected chi connectivity index (χ2v) is 7.42. The molecule has 0 fully saturated rings. The smallest absolute Gasteiger partial charge is 0.416 e. The van der Waals surface area contributed by atoms with Crippen LogP contribution in [-0.4, -0.2) is 30.1 Å². The van der Waals surface area contributed by atoms with E-state index in [1.807, 2.05) is 0 Å². The molecule has 0 aliphatic rings. The maximum absolute atomic E-state index is 13.1. The Morgan fingerprint density at radius 2 is 1.96 bits per heavy atom. The Labute approximate surface area is 162 Å². The van der Waals surface area contributed by atoms with Gasteiger partial charge in [0.2, 0.25) is 5.28 Å². The number of alkyl halides is 3. The summed E-state index contributed by atoms with van der Waals surface area (Å²) in [6.07, 6.45) is -1.92. The Balaban J connectivity index is 2.02. The number of rotatable bonds is 5. The Morgan fingerprint density at radius 3 is 2.61 bits per heavy atom. The van der Waals surface area contributed by atoms with Crippen LogP contribution in [0.5, 0.6) is 5.75 Å². The maximum Gasteiger partial charge on any atom is 0.416 e. The highest BCUT2D eigenvalue weighted by molar-refractivity contribution is 7.92. The first-order chi connectivity index (χ1) is 13.1. The minimum atomic E-state index is -4.67. The predicted octanol–water partition coefficient (Wildman–Crippen LogP) is 3.75. The van der Waals surface area contributed by atoms with E-state index in [1.165, 1.54) is 42.3 Å². The zero-order chi connectivity index (χ0) is 20.5. The first-order valence-electron chi connectivity index (χ1n) is 7.55. The van der Waals surface area contributed by atoms with Crippen LogP contribution in [0, 0.1) is 0 Å². The molecule has 0 spiro atoms. The number of benzene rings is 1. The van der Waals surface area contributed by atoms with Crippen LogP contribution in [0.15, 0.2) is 53.8 Å². The van der Waals surface area contributed by atoms with E-state index in [0.29, 0.717) is 6.07 Å². The largest absolute Gasteiger partial charge is 0.497 e. The summed E-state index contributed by atoms with van der Waals surface area (Å²) >= 11 is 5.73. The van der Waals surface area contributed by atoms with E-state index in [4.69, 9.17) is 16.3 Å². The fourth-order valence-corrected chi connectivity index (χ4v) is 3.73. The molecule has 0 aliphatic heterocycles. The fraction of sp³-hybridized carbons (Fsp3) is 0.125. The van der Waals surface area contributed by atoms with Gasteiger partial charge in [0.1, 0.15) is 11.6 Å². The summed E-state index contributed by atoms with van der Waals surface area (Å²) in [5.41, 5.74) is -1.36.